The van der Waals surface area contributed by atoms with Crippen molar-refractivity contribution in [3.8, 4) is 5.75 Å². The molecule has 1 N–H and O–H groups in total. The third kappa shape index (κ3) is 4.96. The van der Waals surface area contributed by atoms with Crippen LogP contribution in [0, 0.1) is 6.92 Å². The molecule has 1 fully saturated rings. The molecule has 0 bridgehead atoms. The Hall–Kier alpha value is -2.73. The van der Waals surface area contributed by atoms with Crippen LogP contribution in [-0.4, -0.2) is 41.2 Å². The summed E-state index contributed by atoms with van der Waals surface area (Å²) in [5.74, 6) is 1.61. The SMILES string of the molecule is COc1cc(NC(C)CCCN2C(=O)CSC2c2ccc(C)cc2)c2ncccc2c1. The van der Waals surface area contributed by atoms with Crippen LogP contribution in [0.3, 0.4) is 0 Å². The quantitative estimate of drug-likeness (QED) is 0.513. The van der Waals surface area contributed by atoms with Crippen molar-refractivity contribution < 1.29 is 9.53 Å². The summed E-state index contributed by atoms with van der Waals surface area (Å²) in [5.41, 5.74) is 4.37. The van der Waals surface area contributed by atoms with Crippen molar-refractivity contribution in [1.82, 2.24) is 9.88 Å². The molecule has 0 aliphatic carbocycles. The van der Waals surface area contributed by atoms with E-state index in [4.69, 9.17) is 4.74 Å². The van der Waals surface area contributed by atoms with Crippen LogP contribution in [0.1, 0.15) is 36.3 Å². The number of methoxy groups -OCH3 is 1. The molecule has 5 nitrogen and oxygen atoms in total. The fourth-order valence-electron chi connectivity index (χ4n) is 4.00. The molecule has 4 rings (SSSR count). The van der Waals surface area contributed by atoms with Gasteiger partial charge in [0.25, 0.3) is 0 Å². The van der Waals surface area contributed by atoms with Crippen molar-refractivity contribution in [1.29, 1.82) is 0 Å². The minimum atomic E-state index is 0.128. The van der Waals surface area contributed by atoms with Crippen LogP contribution in [0.15, 0.2) is 54.7 Å². The second-order valence-corrected chi connectivity index (χ2v) is 9.17. The lowest BCUT2D eigenvalue weighted by Crippen LogP contribution is -2.30. The van der Waals surface area contributed by atoms with Crippen molar-refractivity contribution in [3.05, 3.63) is 65.9 Å². The monoisotopic (exact) mass is 435 g/mol. The molecule has 1 saturated heterocycles. The fraction of sp³-hybridized carbons (Fsp3) is 0.360. The molecule has 2 atom stereocenters. The van der Waals surface area contributed by atoms with Crippen LogP contribution >= 0.6 is 11.8 Å². The van der Waals surface area contributed by atoms with Crippen molar-refractivity contribution >= 4 is 34.3 Å². The van der Waals surface area contributed by atoms with Crippen molar-refractivity contribution in [3.63, 3.8) is 0 Å². The Labute approximate surface area is 188 Å². The first-order valence-corrected chi connectivity index (χ1v) is 11.8. The lowest BCUT2D eigenvalue weighted by Gasteiger charge is -2.25. The summed E-state index contributed by atoms with van der Waals surface area (Å²) >= 11 is 1.72. The fourth-order valence-corrected chi connectivity index (χ4v) is 5.22. The number of thioether (sulfide) groups is 1. The number of nitrogens with one attached hydrogen (secondary N) is 1. The van der Waals surface area contributed by atoms with Crippen molar-refractivity contribution in [2.45, 2.75) is 38.1 Å². The van der Waals surface area contributed by atoms with Gasteiger partial charge in [-0.15, -0.1) is 11.8 Å². The summed E-state index contributed by atoms with van der Waals surface area (Å²) < 4.78 is 5.45. The number of nitrogens with zero attached hydrogens (tertiary/aromatic N) is 2. The number of ether oxygens (including phenoxy) is 1. The number of fused-ring (bicyclic) bond motifs is 1. The highest BCUT2D eigenvalue weighted by Gasteiger charge is 2.32. The summed E-state index contributed by atoms with van der Waals surface area (Å²) in [7, 11) is 1.68. The molecule has 2 heterocycles. The van der Waals surface area contributed by atoms with Crippen LogP contribution in [-0.2, 0) is 4.79 Å². The van der Waals surface area contributed by atoms with Gasteiger partial charge in [0.05, 0.1) is 24.1 Å². The van der Waals surface area contributed by atoms with Crippen LogP contribution in [0.5, 0.6) is 5.75 Å². The van der Waals surface area contributed by atoms with E-state index in [1.54, 1.807) is 18.9 Å². The standard InChI is InChI=1S/C25H29N3O2S/c1-17-8-10-19(11-9-17)25-28(23(29)16-31-25)13-5-6-18(2)27-22-15-21(30-3)14-20-7-4-12-26-24(20)22/h4,7-12,14-15,18,25,27H,5-6,13,16H2,1-3H3. The maximum Gasteiger partial charge on any atom is 0.233 e. The van der Waals surface area contributed by atoms with Gasteiger partial charge in [0.15, 0.2) is 0 Å². The Bertz CT molecular complexity index is 1050. The molecule has 0 radical (unpaired) electrons. The van der Waals surface area contributed by atoms with Gasteiger partial charge in [-0.05, 0) is 44.4 Å². The highest BCUT2D eigenvalue weighted by molar-refractivity contribution is 8.00. The second kappa shape index (κ2) is 9.60. The van der Waals surface area contributed by atoms with Gasteiger partial charge in [0.1, 0.15) is 11.1 Å². The number of pyridine rings is 1. The molecule has 3 aromatic rings. The van der Waals surface area contributed by atoms with Gasteiger partial charge in [-0.3, -0.25) is 9.78 Å². The van der Waals surface area contributed by atoms with Gasteiger partial charge in [-0.1, -0.05) is 35.9 Å². The topological polar surface area (TPSA) is 54.5 Å². The first-order chi connectivity index (χ1) is 15.0. The molecule has 0 spiro atoms. The van der Waals surface area contributed by atoms with Crippen LogP contribution in [0.4, 0.5) is 5.69 Å². The second-order valence-electron chi connectivity index (χ2n) is 8.10. The van der Waals surface area contributed by atoms with Gasteiger partial charge in [0.2, 0.25) is 5.91 Å². The number of carbonyl (C=O) groups excluding carboxylic acids is 1. The smallest absolute Gasteiger partial charge is 0.233 e. The number of hydrogen-bond acceptors (Lipinski definition) is 5. The molecule has 1 aliphatic heterocycles. The molecule has 2 aromatic carbocycles. The summed E-state index contributed by atoms with van der Waals surface area (Å²) in [5, 5.41) is 4.77. The minimum Gasteiger partial charge on any atom is -0.497 e. The summed E-state index contributed by atoms with van der Waals surface area (Å²) in [6, 6.07) is 16.8. The third-order valence-corrected chi connectivity index (χ3v) is 6.94. The molecule has 0 saturated carbocycles. The van der Waals surface area contributed by atoms with E-state index in [0.717, 1.165) is 41.7 Å². The van der Waals surface area contributed by atoms with E-state index in [2.05, 4.69) is 48.4 Å². The normalized spacial score (nSPS) is 17.2. The Morgan fingerprint density at radius 2 is 2.06 bits per heavy atom. The molecule has 2 unspecified atom stereocenters. The molecule has 31 heavy (non-hydrogen) atoms. The summed E-state index contributed by atoms with van der Waals surface area (Å²) in [6.07, 6.45) is 3.71. The molecule has 162 valence electrons. The lowest BCUT2D eigenvalue weighted by atomic mass is 10.1. The van der Waals surface area contributed by atoms with Crippen molar-refractivity contribution in [2.75, 3.05) is 24.7 Å². The molecular weight excluding hydrogens is 406 g/mol. The molecular formula is C25H29N3O2S. The van der Waals surface area contributed by atoms with Crippen molar-refractivity contribution in [2.24, 2.45) is 0 Å². The first kappa shape index (κ1) is 21.5. The summed E-state index contributed by atoms with van der Waals surface area (Å²) in [4.78, 5) is 19.0. The maximum atomic E-state index is 12.5. The van der Waals surface area contributed by atoms with E-state index in [1.807, 2.05) is 35.4 Å². The largest absolute Gasteiger partial charge is 0.497 e. The number of carbonyl (C=O) groups is 1. The first-order valence-electron chi connectivity index (χ1n) is 10.7. The van der Waals surface area contributed by atoms with E-state index >= 15 is 0 Å². The Morgan fingerprint density at radius 1 is 1.26 bits per heavy atom. The average molecular weight is 436 g/mol. The lowest BCUT2D eigenvalue weighted by molar-refractivity contribution is -0.128. The van der Waals surface area contributed by atoms with E-state index in [-0.39, 0.29) is 17.3 Å². The van der Waals surface area contributed by atoms with Gasteiger partial charge >= 0.3 is 0 Å². The van der Waals surface area contributed by atoms with Gasteiger partial charge < -0.3 is 15.0 Å². The zero-order chi connectivity index (χ0) is 21.8. The summed E-state index contributed by atoms with van der Waals surface area (Å²) in [6.45, 7) is 5.03. The van der Waals surface area contributed by atoms with E-state index in [9.17, 15) is 4.79 Å². The molecule has 6 heteroatoms. The molecule has 1 amide bonds. The molecule has 1 aliphatic rings. The predicted octanol–water partition coefficient (Wildman–Crippen LogP) is 5.41. The third-order valence-electron chi connectivity index (χ3n) is 5.68. The Kier molecular flexibility index (Phi) is 6.66. The number of hydrogen-bond donors (Lipinski definition) is 1. The average Bonchev–Trinajstić information content (AvgIpc) is 3.14. The maximum absolute atomic E-state index is 12.5. The highest BCUT2D eigenvalue weighted by Crippen LogP contribution is 2.38. The Morgan fingerprint density at radius 3 is 2.84 bits per heavy atom. The zero-order valence-electron chi connectivity index (χ0n) is 18.3. The van der Waals surface area contributed by atoms with Crippen LogP contribution in [0.25, 0.3) is 10.9 Å². The van der Waals surface area contributed by atoms with E-state index in [1.165, 1.54) is 11.1 Å². The number of aromatic nitrogens is 1. The number of benzene rings is 2. The number of rotatable bonds is 8. The van der Waals surface area contributed by atoms with Gasteiger partial charge in [-0.25, -0.2) is 0 Å². The van der Waals surface area contributed by atoms with Gasteiger partial charge in [0, 0.05) is 30.2 Å². The van der Waals surface area contributed by atoms with E-state index < -0.39 is 0 Å². The van der Waals surface area contributed by atoms with E-state index in [0.29, 0.717) is 5.75 Å². The zero-order valence-corrected chi connectivity index (χ0v) is 19.1. The number of amides is 1. The highest BCUT2D eigenvalue weighted by atomic mass is 32.2. The van der Waals surface area contributed by atoms with Gasteiger partial charge in [-0.2, -0.15) is 0 Å². The molecule has 1 aromatic heterocycles. The number of anilines is 1. The Balaban J connectivity index is 1.38. The predicted molar refractivity (Wildman–Crippen MR) is 129 cm³/mol. The van der Waals surface area contributed by atoms with Crippen LogP contribution in [0.2, 0.25) is 0 Å². The minimum absolute atomic E-state index is 0.128. The number of aryl methyl sites for hydroxylation is 1. The van der Waals surface area contributed by atoms with Crippen LogP contribution < -0.4 is 10.1 Å².